The first-order valence-corrected chi connectivity index (χ1v) is 6.57. The number of carbonyl (C=O) groups is 2. The summed E-state index contributed by atoms with van der Waals surface area (Å²) in [6.45, 7) is -0.155. The van der Waals surface area contributed by atoms with Gasteiger partial charge in [0.05, 0.1) is 17.6 Å². The molecule has 0 aliphatic rings. The number of benzene rings is 1. The molecule has 1 heterocycles. The van der Waals surface area contributed by atoms with Gasteiger partial charge in [0.2, 0.25) is 0 Å². The van der Waals surface area contributed by atoms with E-state index in [1.807, 2.05) is 0 Å². The Morgan fingerprint density at radius 2 is 1.60 bits per heavy atom. The van der Waals surface area contributed by atoms with Crippen LogP contribution in [0.3, 0.4) is 0 Å². The van der Waals surface area contributed by atoms with Crippen molar-refractivity contribution in [2.75, 3.05) is 11.9 Å². The van der Waals surface area contributed by atoms with Gasteiger partial charge in [-0.1, -0.05) is 0 Å². The van der Waals surface area contributed by atoms with Crippen molar-refractivity contribution in [3.05, 3.63) is 48.4 Å². The first-order chi connectivity index (χ1) is 11.6. The first kappa shape index (κ1) is 19.9. The van der Waals surface area contributed by atoms with E-state index in [0.29, 0.717) is 11.4 Å². The van der Waals surface area contributed by atoms with Gasteiger partial charge in [-0.05, 0) is 36.4 Å². The molecular formula is C15H12F4N2O4. The molecule has 2 aromatic rings. The number of aromatic nitrogens is 1. The number of rotatable bonds is 4. The molecule has 6 nitrogen and oxygen atoms in total. The van der Waals surface area contributed by atoms with E-state index in [0.717, 1.165) is 5.56 Å². The van der Waals surface area contributed by atoms with Crippen LogP contribution in [0.2, 0.25) is 0 Å². The van der Waals surface area contributed by atoms with Crippen molar-refractivity contribution >= 4 is 17.6 Å². The van der Waals surface area contributed by atoms with Crippen molar-refractivity contribution < 1.29 is 37.4 Å². The lowest BCUT2D eigenvalue weighted by atomic mass is 10.1. The molecule has 3 N–H and O–H groups in total. The van der Waals surface area contributed by atoms with Crippen molar-refractivity contribution in [2.45, 2.75) is 6.18 Å². The van der Waals surface area contributed by atoms with Crippen LogP contribution in [0.25, 0.3) is 11.3 Å². The normalized spacial score (nSPS) is 10.4. The van der Waals surface area contributed by atoms with Crippen LogP contribution in [0.1, 0.15) is 0 Å². The van der Waals surface area contributed by atoms with Crippen LogP contribution >= 0.6 is 0 Å². The van der Waals surface area contributed by atoms with Crippen LogP contribution in [0.5, 0.6) is 0 Å². The summed E-state index contributed by atoms with van der Waals surface area (Å²) in [6, 6.07) is 9.50. The maximum atomic E-state index is 12.8. The van der Waals surface area contributed by atoms with Crippen LogP contribution in [-0.2, 0) is 9.59 Å². The minimum atomic E-state index is -5.08. The van der Waals surface area contributed by atoms with Gasteiger partial charge in [-0.25, -0.2) is 9.18 Å². The third-order valence-corrected chi connectivity index (χ3v) is 2.59. The van der Waals surface area contributed by atoms with E-state index in [9.17, 15) is 22.4 Å². The van der Waals surface area contributed by atoms with Crippen LogP contribution < -0.4 is 5.32 Å². The summed E-state index contributed by atoms with van der Waals surface area (Å²) in [7, 11) is 0. The predicted molar refractivity (Wildman–Crippen MR) is 79.4 cm³/mol. The average molecular weight is 360 g/mol. The molecule has 2 rings (SSSR count). The monoisotopic (exact) mass is 360 g/mol. The number of anilines is 1. The Balaban J connectivity index is 0.000000381. The summed E-state index contributed by atoms with van der Waals surface area (Å²) in [5, 5.41) is 18.3. The third kappa shape index (κ3) is 7.29. The maximum absolute atomic E-state index is 12.8. The molecule has 1 aromatic carbocycles. The second-order valence-electron chi connectivity index (χ2n) is 4.49. The summed E-state index contributed by atoms with van der Waals surface area (Å²) < 4.78 is 44.5. The van der Waals surface area contributed by atoms with E-state index < -0.39 is 18.1 Å². The lowest BCUT2D eigenvalue weighted by molar-refractivity contribution is -0.192. The van der Waals surface area contributed by atoms with Crippen molar-refractivity contribution in [2.24, 2.45) is 0 Å². The minimum absolute atomic E-state index is 0.155. The van der Waals surface area contributed by atoms with Crippen LogP contribution in [0.15, 0.2) is 42.6 Å². The zero-order valence-electron chi connectivity index (χ0n) is 12.4. The molecule has 1 aromatic heterocycles. The third-order valence-electron chi connectivity index (χ3n) is 2.59. The van der Waals surface area contributed by atoms with E-state index >= 15 is 0 Å². The standard InChI is InChI=1S/C13H11FN2O2.C2HF3O2/c14-10-3-1-9(2-4-10)12-6-5-11(7-16-12)15-8-13(17)18;3-2(4,5)1(6)7/h1-7,15H,8H2,(H,17,18);(H,6,7). The smallest absolute Gasteiger partial charge is 0.480 e. The number of nitrogens with one attached hydrogen (secondary N) is 1. The van der Waals surface area contributed by atoms with Gasteiger partial charge in [-0.2, -0.15) is 13.2 Å². The van der Waals surface area contributed by atoms with Crippen molar-refractivity contribution in [3.8, 4) is 11.3 Å². The van der Waals surface area contributed by atoms with E-state index in [-0.39, 0.29) is 12.4 Å². The SMILES string of the molecule is O=C(O)C(F)(F)F.O=C(O)CNc1ccc(-c2ccc(F)cc2)nc1. The topological polar surface area (TPSA) is 99.5 Å². The van der Waals surface area contributed by atoms with Gasteiger partial charge in [0, 0.05) is 5.56 Å². The van der Waals surface area contributed by atoms with Gasteiger partial charge in [0.25, 0.3) is 0 Å². The number of hydrogen-bond acceptors (Lipinski definition) is 4. The number of carboxylic acid groups (broad SMARTS) is 2. The van der Waals surface area contributed by atoms with Crippen molar-refractivity contribution in [3.63, 3.8) is 0 Å². The molecule has 0 atom stereocenters. The second kappa shape index (κ2) is 8.62. The molecule has 0 unspecified atom stereocenters. The first-order valence-electron chi connectivity index (χ1n) is 6.57. The van der Waals surface area contributed by atoms with Crippen LogP contribution in [0.4, 0.5) is 23.2 Å². The summed E-state index contributed by atoms with van der Waals surface area (Å²) in [5.74, 6) is -3.98. The molecule has 0 saturated heterocycles. The Labute approximate surface area is 138 Å². The average Bonchev–Trinajstić information content (AvgIpc) is 2.54. The number of hydrogen-bond donors (Lipinski definition) is 3. The summed E-state index contributed by atoms with van der Waals surface area (Å²) in [5.41, 5.74) is 2.14. The fourth-order valence-electron chi connectivity index (χ4n) is 1.47. The molecule has 0 aliphatic heterocycles. The molecule has 0 spiro atoms. The van der Waals surface area contributed by atoms with Gasteiger partial charge in [-0.15, -0.1) is 0 Å². The Morgan fingerprint density at radius 3 is 2.00 bits per heavy atom. The Kier molecular flexibility index (Phi) is 6.85. The van der Waals surface area contributed by atoms with Gasteiger partial charge in [0.1, 0.15) is 12.4 Å². The molecule has 25 heavy (non-hydrogen) atoms. The van der Waals surface area contributed by atoms with Crippen LogP contribution in [-0.4, -0.2) is 39.9 Å². The van der Waals surface area contributed by atoms with E-state index in [1.54, 1.807) is 30.5 Å². The summed E-state index contributed by atoms with van der Waals surface area (Å²) in [4.78, 5) is 23.4. The number of aliphatic carboxylic acids is 2. The fraction of sp³-hybridized carbons (Fsp3) is 0.133. The highest BCUT2D eigenvalue weighted by atomic mass is 19.4. The van der Waals surface area contributed by atoms with Gasteiger partial charge in [0.15, 0.2) is 0 Å². The molecule has 0 saturated carbocycles. The molecule has 0 radical (unpaired) electrons. The molecule has 10 heteroatoms. The Morgan fingerprint density at radius 1 is 1.04 bits per heavy atom. The van der Waals surface area contributed by atoms with E-state index in [1.165, 1.54) is 12.1 Å². The zero-order chi connectivity index (χ0) is 19.0. The maximum Gasteiger partial charge on any atom is 0.490 e. The fourth-order valence-corrected chi connectivity index (χ4v) is 1.47. The number of nitrogens with zero attached hydrogens (tertiary/aromatic N) is 1. The molecule has 0 amide bonds. The van der Waals surface area contributed by atoms with E-state index in [2.05, 4.69) is 10.3 Å². The van der Waals surface area contributed by atoms with Crippen LogP contribution in [0, 0.1) is 5.82 Å². The van der Waals surface area contributed by atoms with E-state index in [4.69, 9.17) is 15.0 Å². The highest BCUT2D eigenvalue weighted by Crippen LogP contribution is 2.18. The summed E-state index contributed by atoms with van der Waals surface area (Å²) in [6.07, 6.45) is -3.54. The van der Waals surface area contributed by atoms with Gasteiger partial charge >= 0.3 is 18.1 Å². The Hall–Kier alpha value is -3.17. The molecule has 134 valence electrons. The van der Waals surface area contributed by atoms with Crippen molar-refractivity contribution in [1.82, 2.24) is 4.98 Å². The van der Waals surface area contributed by atoms with Crippen molar-refractivity contribution in [1.29, 1.82) is 0 Å². The molecule has 0 aliphatic carbocycles. The zero-order valence-corrected chi connectivity index (χ0v) is 12.4. The second-order valence-corrected chi connectivity index (χ2v) is 4.49. The lowest BCUT2D eigenvalue weighted by Gasteiger charge is -2.04. The number of alkyl halides is 3. The molecule has 0 fully saturated rings. The Bertz CT molecular complexity index is 716. The number of carboxylic acids is 2. The lowest BCUT2D eigenvalue weighted by Crippen LogP contribution is -2.21. The molecule has 0 bridgehead atoms. The molecular weight excluding hydrogens is 348 g/mol. The highest BCUT2D eigenvalue weighted by molar-refractivity contribution is 5.73. The van der Waals surface area contributed by atoms with Gasteiger partial charge < -0.3 is 15.5 Å². The number of pyridine rings is 1. The summed E-state index contributed by atoms with van der Waals surface area (Å²) >= 11 is 0. The quantitative estimate of drug-likeness (QED) is 0.725. The van der Waals surface area contributed by atoms with Gasteiger partial charge in [-0.3, -0.25) is 9.78 Å². The largest absolute Gasteiger partial charge is 0.490 e. The predicted octanol–water partition coefficient (Wildman–Crippen LogP) is 3.02. The highest BCUT2D eigenvalue weighted by Gasteiger charge is 2.38. The number of halogens is 4. The minimum Gasteiger partial charge on any atom is -0.480 e.